The summed E-state index contributed by atoms with van der Waals surface area (Å²) in [6, 6.07) is 15.2. The minimum absolute atomic E-state index is 0.0330. The molecule has 0 aliphatic carbocycles. The Hall–Kier alpha value is -3.39. The van der Waals surface area contributed by atoms with Gasteiger partial charge in [-0.2, -0.15) is 0 Å². The molecule has 4 rings (SSSR count). The first-order chi connectivity index (χ1) is 16.5. The fourth-order valence-corrected chi connectivity index (χ4v) is 4.62. The summed E-state index contributed by atoms with van der Waals surface area (Å²) >= 11 is 1.50. The van der Waals surface area contributed by atoms with Crippen molar-refractivity contribution in [1.82, 2.24) is 9.88 Å². The standard InChI is InChI=1S/C26H29N3O4S/c1-18-7-9-21(10-8-18)33-16-24-27-20(17-34-24)15-25(30)29-13-11-19(12-14-29)26(31)28-22-5-3-4-6-23(22)32-2/h3-10,17,19H,11-16H2,1-2H3,(H,28,31). The summed E-state index contributed by atoms with van der Waals surface area (Å²) in [5.74, 6) is 1.32. The average Bonchev–Trinajstić information content (AvgIpc) is 3.31. The first-order valence-corrected chi connectivity index (χ1v) is 12.2. The van der Waals surface area contributed by atoms with Gasteiger partial charge in [0.05, 0.1) is 24.9 Å². The molecule has 0 radical (unpaired) electrons. The van der Waals surface area contributed by atoms with Gasteiger partial charge in [-0.25, -0.2) is 4.98 Å². The highest BCUT2D eigenvalue weighted by Gasteiger charge is 2.28. The van der Waals surface area contributed by atoms with Crippen LogP contribution in [-0.4, -0.2) is 41.9 Å². The number of carbonyl (C=O) groups is 2. The van der Waals surface area contributed by atoms with Crippen LogP contribution >= 0.6 is 11.3 Å². The highest BCUT2D eigenvalue weighted by Crippen LogP contribution is 2.26. The number of ether oxygens (including phenoxy) is 2. The molecule has 1 aliphatic heterocycles. The fourth-order valence-electron chi connectivity index (χ4n) is 3.92. The molecular formula is C26H29N3O4S. The molecule has 178 valence electrons. The van der Waals surface area contributed by atoms with Crippen molar-refractivity contribution in [2.75, 3.05) is 25.5 Å². The van der Waals surface area contributed by atoms with Crippen LogP contribution in [0.5, 0.6) is 11.5 Å². The van der Waals surface area contributed by atoms with Crippen LogP contribution in [0.25, 0.3) is 0 Å². The number of methoxy groups -OCH3 is 1. The number of para-hydroxylation sites is 2. The Balaban J connectivity index is 1.23. The molecule has 34 heavy (non-hydrogen) atoms. The van der Waals surface area contributed by atoms with E-state index in [4.69, 9.17) is 9.47 Å². The topological polar surface area (TPSA) is 80.8 Å². The molecule has 0 spiro atoms. The van der Waals surface area contributed by atoms with Gasteiger partial charge in [0.25, 0.3) is 0 Å². The van der Waals surface area contributed by atoms with Gasteiger partial charge in [-0.15, -0.1) is 11.3 Å². The Morgan fingerprint density at radius 2 is 1.85 bits per heavy atom. The maximum atomic E-state index is 12.8. The van der Waals surface area contributed by atoms with Crippen molar-refractivity contribution in [3.8, 4) is 11.5 Å². The van der Waals surface area contributed by atoms with Gasteiger partial charge in [0, 0.05) is 24.4 Å². The second kappa shape index (κ2) is 11.2. The first-order valence-electron chi connectivity index (χ1n) is 11.4. The molecule has 1 fully saturated rings. The predicted octanol–water partition coefficient (Wildman–Crippen LogP) is 4.46. The smallest absolute Gasteiger partial charge is 0.228 e. The minimum Gasteiger partial charge on any atom is -0.495 e. The van der Waals surface area contributed by atoms with Crippen LogP contribution in [0, 0.1) is 12.8 Å². The highest BCUT2D eigenvalue weighted by molar-refractivity contribution is 7.09. The number of carbonyl (C=O) groups excluding carboxylic acids is 2. The van der Waals surface area contributed by atoms with E-state index in [0.29, 0.717) is 44.0 Å². The van der Waals surface area contributed by atoms with Crippen LogP contribution in [0.3, 0.4) is 0 Å². The Bertz CT molecular complexity index is 1120. The molecule has 1 saturated heterocycles. The lowest BCUT2D eigenvalue weighted by Gasteiger charge is -2.31. The van der Waals surface area contributed by atoms with E-state index in [1.54, 1.807) is 7.11 Å². The summed E-state index contributed by atoms with van der Waals surface area (Å²) in [7, 11) is 1.58. The number of benzene rings is 2. The van der Waals surface area contributed by atoms with Crippen molar-refractivity contribution in [2.24, 2.45) is 5.92 Å². The van der Waals surface area contributed by atoms with E-state index in [-0.39, 0.29) is 24.2 Å². The number of thiazole rings is 1. The van der Waals surface area contributed by atoms with Crippen molar-refractivity contribution in [3.05, 3.63) is 70.2 Å². The molecular weight excluding hydrogens is 450 g/mol. The molecule has 2 heterocycles. The maximum absolute atomic E-state index is 12.8. The summed E-state index contributed by atoms with van der Waals surface area (Å²) in [6.07, 6.45) is 1.54. The van der Waals surface area contributed by atoms with E-state index in [1.807, 2.05) is 65.7 Å². The fraction of sp³-hybridized carbons (Fsp3) is 0.346. The minimum atomic E-state index is -0.126. The third-order valence-corrected chi connectivity index (χ3v) is 6.77. The van der Waals surface area contributed by atoms with Crippen molar-refractivity contribution >= 4 is 28.8 Å². The van der Waals surface area contributed by atoms with E-state index in [0.717, 1.165) is 16.5 Å². The van der Waals surface area contributed by atoms with E-state index in [9.17, 15) is 9.59 Å². The Morgan fingerprint density at radius 3 is 2.59 bits per heavy atom. The number of rotatable bonds is 8. The summed E-state index contributed by atoms with van der Waals surface area (Å²) in [4.78, 5) is 31.9. The number of aryl methyl sites for hydroxylation is 1. The van der Waals surface area contributed by atoms with Gasteiger partial charge in [-0.05, 0) is 44.0 Å². The van der Waals surface area contributed by atoms with Crippen LogP contribution in [-0.2, 0) is 22.6 Å². The molecule has 0 saturated carbocycles. The largest absolute Gasteiger partial charge is 0.495 e. The van der Waals surface area contributed by atoms with Crippen molar-refractivity contribution in [1.29, 1.82) is 0 Å². The lowest BCUT2D eigenvalue weighted by Crippen LogP contribution is -2.42. The molecule has 8 heteroatoms. The van der Waals surface area contributed by atoms with Gasteiger partial charge >= 0.3 is 0 Å². The van der Waals surface area contributed by atoms with E-state index in [2.05, 4.69) is 10.3 Å². The third-order valence-electron chi connectivity index (χ3n) is 5.90. The van der Waals surface area contributed by atoms with Gasteiger partial charge in [-0.3, -0.25) is 9.59 Å². The van der Waals surface area contributed by atoms with Gasteiger partial charge in [0.2, 0.25) is 11.8 Å². The summed E-state index contributed by atoms with van der Waals surface area (Å²) < 4.78 is 11.1. The number of aromatic nitrogens is 1. The zero-order valence-corrected chi connectivity index (χ0v) is 20.3. The van der Waals surface area contributed by atoms with Crippen LogP contribution in [0.15, 0.2) is 53.9 Å². The van der Waals surface area contributed by atoms with Gasteiger partial charge < -0.3 is 19.7 Å². The summed E-state index contributed by atoms with van der Waals surface area (Å²) in [5, 5.41) is 5.71. The molecule has 0 unspecified atom stereocenters. The van der Waals surface area contributed by atoms with Crippen LogP contribution in [0.2, 0.25) is 0 Å². The lowest BCUT2D eigenvalue weighted by molar-refractivity contribution is -0.133. The number of amides is 2. The van der Waals surface area contributed by atoms with Gasteiger partial charge in [0.15, 0.2) is 0 Å². The molecule has 0 bridgehead atoms. The van der Waals surface area contributed by atoms with Gasteiger partial charge in [-0.1, -0.05) is 29.8 Å². The SMILES string of the molecule is COc1ccccc1NC(=O)C1CCN(C(=O)Cc2csc(COc3ccc(C)cc3)n2)CC1. The Kier molecular flexibility index (Phi) is 7.80. The second-order valence-corrected chi connectivity index (χ2v) is 9.30. The molecule has 3 aromatic rings. The van der Waals surface area contributed by atoms with Crippen LogP contribution < -0.4 is 14.8 Å². The van der Waals surface area contributed by atoms with E-state index < -0.39 is 0 Å². The number of hydrogen-bond donors (Lipinski definition) is 1. The first kappa shape index (κ1) is 23.8. The molecule has 2 amide bonds. The van der Waals surface area contributed by atoms with Gasteiger partial charge in [0.1, 0.15) is 23.1 Å². The molecule has 1 aromatic heterocycles. The Labute approximate surface area is 203 Å². The lowest BCUT2D eigenvalue weighted by atomic mass is 9.95. The normalized spacial score (nSPS) is 14.0. The van der Waals surface area contributed by atoms with Crippen LogP contribution in [0.1, 0.15) is 29.1 Å². The molecule has 2 aromatic carbocycles. The molecule has 0 atom stereocenters. The van der Waals surface area contributed by atoms with Crippen LogP contribution in [0.4, 0.5) is 5.69 Å². The number of nitrogens with zero attached hydrogens (tertiary/aromatic N) is 2. The zero-order valence-electron chi connectivity index (χ0n) is 19.5. The zero-order chi connectivity index (χ0) is 23.9. The molecule has 7 nitrogen and oxygen atoms in total. The summed E-state index contributed by atoms with van der Waals surface area (Å²) in [5.41, 5.74) is 2.61. The number of likely N-dealkylation sites (tertiary alicyclic amines) is 1. The van der Waals surface area contributed by atoms with E-state index >= 15 is 0 Å². The summed E-state index contributed by atoms with van der Waals surface area (Å²) in [6.45, 7) is 3.55. The Morgan fingerprint density at radius 1 is 1.12 bits per heavy atom. The predicted molar refractivity (Wildman–Crippen MR) is 132 cm³/mol. The molecule has 1 aliphatic rings. The third kappa shape index (κ3) is 6.14. The van der Waals surface area contributed by atoms with Crippen molar-refractivity contribution in [2.45, 2.75) is 32.8 Å². The second-order valence-electron chi connectivity index (χ2n) is 8.36. The quantitative estimate of drug-likeness (QED) is 0.516. The number of piperidine rings is 1. The van der Waals surface area contributed by atoms with Crippen molar-refractivity contribution in [3.63, 3.8) is 0 Å². The van der Waals surface area contributed by atoms with Crippen molar-refractivity contribution < 1.29 is 19.1 Å². The maximum Gasteiger partial charge on any atom is 0.228 e. The molecule has 1 N–H and O–H groups in total. The highest BCUT2D eigenvalue weighted by atomic mass is 32.1. The van der Waals surface area contributed by atoms with E-state index in [1.165, 1.54) is 16.9 Å². The number of nitrogens with one attached hydrogen (secondary N) is 1. The number of anilines is 1. The average molecular weight is 480 g/mol. The number of hydrogen-bond acceptors (Lipinski definition) is 6. The monoisotopic (exact) mass is 479 g/mol.